The molecule has 0 aliphatic carbocycles. The summed E-state index contributed by atoms with van der Waals surface area (Å²) in [6, 6.07) is 9.87. The average molecular weight is 319 g/mol. The summed E-state index contributed by atoms with van der Waals surface area (Å²) in [5.41, 5.74) is 0.874. The number of amides is 3. The van der Waals surface area contributed by atoms with E-state index in [1.807, 2.05) is 39.0 Å². The molecule has 1 heterocycles. The third-order valence-corrected chi connectivity index (χ3v) is 3.74. The van der Waals surface area contributed by atoms with Gasteiger partial charge in [-0.3, -0.25) is 10.1 Å². The zero-order valence-corrected chi connectivity index (χ0v) is 14.2. The number of nitrogens with one attached hydrogen (secondary N) is 3. The van der Waals surface area contributed by atoms with Crippen LogP contribution in [0.2, 0.25) is 0 Å². The molecular formula is C17H27N4O2+. The SMILES string of the molecule is CC(C)(C)NC(=O)NC(=O)C[NH+]1CCN(c2ccccc2)CC1. The quantitative estimate of drug-likeness (QED) is 0.736. The summed E-state index contributed by atoms with van der Waals surface area (Å²) in [5, 5.41) is 5.13. The number of hydrogen-bond donors (Lipinski definition) is 3. The molecule has 3 amide bonds. The van der Waals surface area contributed by atoms with E-state index in [9.17, 15) is 9.59 Å². The first kappa shape index (κ1) is 17.3. The Morgan fingerprint density at radius 3 is 2.30 bits per heavy atom. The highest BCUT2D eigenvalue weighted by Crippen LogP contribution is 2.12. The second kappa shape index (κ2) is 7.46. The molecule has 1 aliphatic heterocycles. The Morgan fingerprint density at radius 1 is 1.13 bits per heavy atom. The minimum absolute atomic E-state index is 0.227. The van der Waals surface area contributed by atoms with Crippen LogP contribution in [-0.2, 0) is 4.79 Å². The lowest BCUT2D eigenvalue weighted by molar-refractivity contribution is -0.892. The number of nitrogens with zero attached hydrogens (tertiary/aromatic N) is 1. The lowest BCUT2D eigenvalue weighted by Gasteiger charge is -2.33. The molecule has 1 aliphatic rings. The monoisotopic (exact) mass is 319 g/mol. The van der Waals surface area contributed by atoms with Crippen LogP contribution in [0.1, 0.15) is 20.8 Å². The Morgan fingerprint density at radius 2 is 1.74 bits per heavy atom. The van der Waals surface area contributed by atoms with Crippen LogP contribution in [0.25, 0.3) is 0 Å². The minimum atomic E-state index is -0.426. The van der Waals surface area contributed by atoms with Crippen LogP contribution in [0.4, 0.5) is 10.5 Å². The van der Waals surface area contributed by atoms with E-state index >= 15 is 0 Å². The predicted octanol–water partition coefficient (Wildman–Crippen LogP) is 0.0158. The molecule has 23 heavy (non-hydrogen) atoms. The van der Waals surface area contributed by atoms with Crippen molar-refractivity contribution in [2.45, 2.75) is 26.3 Å². The molecule has 0 spiro atoms. The van der Waals surface area contributed by atoms with Gasteiger partial charge in [0, 0.05) is 11.2 Å². The summed E-state index contributed by atoms with van der Waals surface area (Å²) in [6.07, 6.45) is 0. The molecule has 0 aromatic heterocycles. The lowest BCUT2D eigenvalue weighted by atomic mass is 10.1. The van der Waals surface area contributed by atoms with E-state index in [0.29, 0.717) is 6.54 Å². The molecule has 1 aromatic carbocycles. The summed E-state index contributed by atoms with van der Waals surface area (Å²) in [4.78, 5) is 27.2. The maximum absolute atomic E-state index is 12.0. The Bertz CT molecular complexity index is 531. The highest BCUT2D eigenvalue weighted by molar-refractivity contribution is 5.94. The topological polar surface area (TPSA) is 65.9 Å². The number of rotatable bonds is 3. The largest absolute Gasteiger partial charge is 0.360 e. The van der Waals surface area contributed by atoms with Crippen molar-refractivity contribution in [1.29, 1.82) is 0 Å². The number of quaternary nitrogens is 1. The van der Waals surface area contributed by atoms with Gasteiger partial charge in [0.2, 0.25) is 0 Å². The van der Waals surface area contributed by atoms with E-state index in [1.54, 1.807) is 0 Å². The molecule has 0 unspecified atom stereocenters. The van der Waals surface area contributed by atoms with Crippen molar-refractivity contribution in [2.24, 2.45) is 0 Å². The fourth-order valence-electron chi connectivity index (χ4n) is 2.67. The number of piperazine rings is 1. The van der Waals surface area contributed by atoms with Crippen molar-refractivity contribution < 1.29 is 14.5 Å². The zero-order valence-electron chi connectivity index (χ0n) is 14.2. The maximum atomic E-state index is 12.0. The predicted molar refractivity (Wildman–Crippen MR) is 90.6 cm³/mol. The Balaban J connectivity index is 1.74. The van der Waals surface area contributed by atoms with Gasteiger partial charge >= 0.3 is 6.03 Å². The van der Waals surface area contributed by atoms with Crippen molar-refractivity contribution in [3.8, 4) is 0 Å². The van der Waals surface area contributed by atoms with E-state index in [1.165, 1.54) is 10.6 Å². The number of para-hydroxylation sites is 1. The van der Waals surface area contributed by atoms with Crippen molar-refractivity contribution in [2.75, 3.05) is 37.6 Å². The zero-order chi connectivity index (χ0) is 16.9. The fraction of sp³-hybridized carbons (Fsp3) is 0.529. The van der Waals surface area contributed by atoms with E-state index in [0.717, 1.165) is 26.2 Å². The molecule has 126 valence electrons. The van der Waals surface area contributed by atoms with Crippen LogP contribution < -0.4 is 20.4 Å². The van der Waals surface area contributed by atoms with Gasteiger partial charge in [-0.15, -0.1) is 0 Å². The van der Waals surface area contributed by atoms with Crippen LogP contribution in [0.3, 0.4) is 0 Å². The Hall–Kier alpha value is -2.08. The Kier molecular flexibility index (Phi) is 5.60. The van der Waals surface area contributed by atoms with Crippen LogP contribution >= 0.6 is 0 Å². The standard InChI is InChI=1S/C17H26N4O2/c1-17(2,3)19-16(23)18-15(22)13-20-9-11-21(12-10-20)14-7-5-4-6-8-14/h4-8H,9-13H2,1-3H3,(H2,18,19,22,23)/p+1. The molecule has 0 bridgehead atoms. The summed E-state index contributed by atoms with van der Waals surface area (Å²) in [5.74, 6) is -0.227. The molecule has 1 saturated heterocycles. The number of carbonyl (C=O) groups excluding carboxylic acids is 2. The van der Waals surface area contributed by atoms with E-state index in [-0.39, 0.29) is 11.4 Å². The third kappa shape index (κ3) is 5.90. The normalized spacial score (nSPS) is 16.0. The van der Waals surface area contributed by atoms with Crippen molar-refractivity contribution in [3.05, 3.63) is 30.3 Å². The highest BCUT2D eigenvalue weighted by Gasteiger charge is 2.23. The van der Waals surface area contributed by atoms with Crippen molar-refractivity contribution in [1.82, 2.24) is 10.6 Å². The second-order valence-electron chi connectivity index (χ2n) is 7.00. The first-order chi connectivity index (χ1) is 10.8. The van der Waals surface area contributed by atoms with Crippen LogP contribution in [0.5, 0.6) is 0 Å². The van der Waals surface area contributed by atoms with E-state index in [4.69, 9.17) is 0 Å². The number of hydrogen-bond acceptors (Lipinski definition) is 3. The summed E-state index contributed by atoms with van der Waals surface area (Å²) in [6.45, 7) is 9.59. The molecule has 0 saturated carbocycles. The van der Waals surface area contributed by atoms with Gasteiger partial charge in [-0.2, -0.15) is 0 Å². The van der Waals surface area contributed by atoms with Gasteiger partial charge in [-0.25, -0.2) is 4.79 Å². The van der Waals surface area contributed by atoms with E-state index in [2.05, 4.69) is 27.7 Å². The molecule has 3 N–H and O–H groups in total. The molecule has 1 aromatic rings. The molecule has 1 fully saturated rings. The van der Waals surface area contributed by atoms with Gasteiger partial charge in [-0.1, -0.05) is 18.2 Å². The number of imide groups is 1. The molecular weight excluding hydrogens is 292 g/mol. The van der Waals surface area contributed by atoms with Gasteiger partial charge < -0.3 is 15.1 Å². The molecule has 0 radical (unpaired) electrons. The van der Waals surface area contributed by atoms with Crippen LogP contribution in [0, 0.1) is 0 Å². The van der Waals surface area contributed by atoms with Gasteiger partial charge in [0.15, 0.2) is 6.54 Å². The van der Waals surface area contributed by atoms with Gasteiger partial charge in [-0.05, 0) is 32.9 Å². The van der Waals surface area contributed by atoms with Crippen LogP contribution in [-0.4, -0.2) is 50.2 Å². The second-order valence-corrected chi connectivity index (χ2v) is 7.00. The lowest BCUT2D eigenvalue weighted by Crippen LogP contribution is -3.16. The van der Waals surface area contributed by atoms with Crippen molar-refractivity contribution in [3.63, 3.8) is 0 Å². The number of carbonyl (C=O) groups is 2. The molecule has 0 atom stereocenters. The number of benzene rings is 1. The first-order valence-electron chi connectivity index (χ1n) is 8.09. The Labute approximate surface area is 137 Å². The minimum Gasteiger partial charge on any atom is -0.360 e. The summed E-state index contributed by atoms with van der Waals surface area (Å²) < 4.78 is 0. The van der Waals surface area contributed by atoms with E-state index < -0.39 is 6.03 Å². The van der Waals surface area contributed by atoms with Gasteiger partial charge in [0.1, 0.15) is 0 Å². The smallest absolute Gasteiger partial charge is 0.322 e. The summed E-state index contributed by atoms with van der Waals surface area (Å²) >= 11 is 0. The van der Waals surface area contributed by atoms with Crippen molar-refractivity contribution >= 4 is 17.6 Å². The van der Waals surface area contributed by atoms with Gasteiger partial charge in [0.25, 0.3) is 5.91 Å². The van der Waals surface area contributed by atoms with Gasteiger partial charge in [0.05, 0.1) is 26.2 Å². The molecule has 2 rings (SSSR count). The molecule has 6 nitrogen and oxygen atoms in total. The number of urea groups is 1. The summed E-state index contributed by atoms with van der Waals surface area (Å²) in [7, 11) is 0. The molecule has 6 heteroatoms. The fourth-order valence-corrected chi connectivity index (χ4v) is 2.67. The maximum Gasteiger partial charge on any atom is 0.322 e. The number of anilines is 1. The average Bonchev–Trinajstić information content (AvgIpc) is 2.46. The first-order valence-corrected chi connectivity index (χ1v) is 8.09. The third-order valence-electron chi connectivity index (χ3n) is 3.74. The highest BCUT2D eigenvalue weighted by atomic mass is 16.2. The van der Waals surface area contributed by atoms with Crippen LogP contribution in [0.15, 0.2) is 30.3 Å².